The van der Waals surface area contributed by atoms with Crippen LogP contribution in [0.15, 0.2) is 18.2 Å². The molecule has 1 heterocycles. The second-order valence-electron chi connectivity index (χ2n) is 6.31. The van der Waals surface area contributed by atoms with E-state index < -0.39 is 23.3 Å². The molecule has 0 spiro atoms. The van der Waals surface area contributed by atoms with Crippen molar-refractivity contribution in [2.75, 3.05) is 11.9 Å². The van der Waals surface area contributed by atoms with Crippen molar-refractivity contribution < 1.29 is 18.8 Å². The number of nitrogens with zero attached hydrogens (tertiary/aromatic N) is 1. The fraction of sp³-hybridized carbons (Fsp3) is 0.438. The van der Waals surface area contributed by atoms with Gasteiger partial charge in [0.2, 0.25) is 5.91 Å². The van der Waals surface area contributed by atoms with Crippen molar-refractivity contribution in [1.82, 2.24) is 10.2 Å². The summed E-state index contributed by atoms with van der Waals surface area (Å²) in [6.45, 7) is 3.04. The first-order chi connectivity index (χ1) is 10.8. The minimum Gasteiger partial charge on any atom is -0.324 e. The van der Waals surface area contributed by atoms with Crippen LogP contribution in [0.4, 0.5) is 14.9 Å². The summed E-state index contributed by atoms with van der Waals surface area (Å²) in [5, 5.41) is 5.22. The van der Waals surface area contributed by atoms with Crippen molar-refractivity contribution >= 4 is 23.5 Å². The average Bonchev–Trinajstić information content (AvgIpc) is 3.29. The van der Waals surface area contributed by atoms with Crippen LogP contribution in [0.3, 0.4) is 0 Å². The van der Waals surface area contributed by atoms with Gasteiger partial charge < -0.3 is 10.6 Å². The van der Waals surface area contributed by atoms with Crippen LogP contribution in [-0.4, -0.2) is 34.8 Å². The largest absolute Gasteiger partial charge is 0.325 e. The Labute approximate surface area is 133 Å². The monoisotopic (exact) mass is 319 g/mol. The van der Waals surface area contributed by atoms with E-state index in [1.807, 2.05) is 0 Å². The molecule has 1 saturated heterocycles. The molecule has 3 rings (SSSR count). The van der Waals surface area contributed by atoms with Gasteiger partial charge in [-0.05, 0) is 50.3 Å². The van der Waals surface area contributed by atoms with Crippen LogP contribution in [0.1, 0.15) is 25.3 Å². The molecular formula is C16H18FN3O3. The van der Waals surface area contributed by atoms with E-state index in [2.05, 4.69) is 10.6 Å². The van der Waals surface area contributed by atoms with Gasteiger partial charge in [0, 0.05) is 5.69 Å². The Balaban J connectivity index is 1.69. The molecule has 0 bridgehead atoms. The Morgan fingerprint density at radius 2 is 2.13 bits per heavy atom. The minimum absolute atomic E-state index is 0.137. The zero-order valence-corrected chi connectivity index (χ0v) is 13.0. The number of carbonyl (C=O) groups is 3. The third kappa shape index (κ3) is 2.78. The van der Waals surface area contributed by atoms with Crippen LogP contribution in [0.2, 0.25) is 0 Å². The third-order valence-corrected chi connectivity index (χ3v) is 4.47. The second kappa shape index (κ2) is 5.33. The predicted octanol–water partition coefficient (Wildman–Crippen LogP) is 1.79. The number of carbonyl (C=O) groups excluding carboxylic acids is 3. The molecule has 1 aliphatic heterocycles. The van der Waals surface area contributed by atoms with Crippen LogP contribution >= 0.6 is 0 Å². The van der Waals surface area contributed by atoms with E-state index in [4.69, 9.17) is 0 Å². The molecule has 0 radical (unpaired) electrons. The molecule has 1 aromatic rings. The lowest BCUT2D eigenvalue weighted by molar-refractivity contribution is -0.134. The summed E-state index contributed by atoms with van der Waals surface area (Å²) >= 11 is 0. The number of benzene rings is 1. The molecule has 2 aliphatic rings. The molecule has 4 amide bonds. The normalized spacial score (nSPS) is 23.9. The van der Waals surface area contributed by atoms with Gasteiger partial charge in [0.1, 0.15) is 17.9 Å². The lowest BCUT2D eigenvalue weighted by Crippen LogP contribution is -2.46. The van der Waals surface area contributed by atoms with E-state index in [0.29, 0.717) is 11.3 Å². The van der Waals surface area contributed by atoms with E-state index in [9.17, 15) is 18.8 Å². The van der Waals surface area contributed by atoms with Crippen molar-refractivity contribution in [3.8, 4) is 0 Å². The molecule has 2 fully saturated rings. The molecule has 1 saturated carbocycles. The summed E-state index contributed by atoms with van der Waals surface area (Å²) in [5.74, 6) is -1.25. The summed E-state index contributed by atoms with van der Waals surface area (Å²) in [6, 6.07) is 3.48. The molecule has 23 heavy (non-hydrogen) atoms. The van der Waals surface area contributed by atoms with E-state index in [-0.39, 0.29) is 18.4 Å². The van der Waals surface area contributed by atoms with Gasteiger partial charge in [-0.25, -0.2) is 9.18 Å². The van der Waals surface area contributed by atoms with Crippen molar-refractivity contribution in [1.29, 1.82) is 0 Å². The van der Waals surface area contributed by atoms with Crippen molar-refractivity contribution in [3.63, 3.8) is 0 Å². The maximum atomic E-state index is 13.2. The third-order valence-electron chi connectivity index (χ3n) is 4.47. The number of rotatable bonds is 4. The highest BCUT2D eigenvalue weighted by atomic mass is 19.1. The number of halogens is 1. The fourth-order valence-corrected chi connectivity index (χ4v) is 2.86. The van der Waals surface area contributed by atoms with Crippen LogP contribution in [0.25, 0.3) is 0 Å². The van der Waals surface area contributed by atoms with Crippen LogP contribution in [-0.2, 0) is 9.59 Å². The number of hydrogen-bond acceptors (Lipinski definition) is 3. The molecule has 6 nitrogen and oxygen atoms in total. The lowest BCUT2D eigenvalue weighted by Gasteiger charge is -2.20. The van der Waals surface area contributed by atoms with Crippen molar-refractivity contribution in [3.05, 3.63) is 29.6 Å². The summed E-state index contributed by atoms with van der Waals surface area (Å²) in [6.07, 6.45) is 1.79. The molecule has 1 aromatic carbocycles. The number of nitrogens with one attached hydrogen (secondary N) is 2. The van der Waals surface area contributed by atoms with Gasteiger partial charge in [-0.2, -0.15) is 0 Å². The maximum Gasteiger partial charge on any atom is 0.325 e. The van der Waals surface area contributed by atoms with Gasteiger partial charge >= 0.3 is 6.03 Å². The minimum atomic E-state index is -0.911. The fourth-order valence-electron chi connectivity index (χ4n) is 2.86. The SMILES string of the molecule is Cc1ccc(F)cc1NC(=O)CN1C(=O)NC(C)(C2CC2)C1=O. The predicted molar refractivity (Wildman–Crippen MR) is 81.1 cm³/mol. The van der Waals surface area contributed by atoms with Crippen molar-refractivity contribution in [2.45, 2.75) is 32.2 Å². The number of aryl methyl sites for hydroxylation is 1. The molecule has 1 unspecified atom stereocenters. The maximum absolute atomic E-state index is 13.2. The van der Waals surface area contributed by atoms with E-state index in [1.165, 1.54) is 12.1 Å². The topological polar surface area (TPSA) is 78.5 Å². The molecule has 7 heteroatoms. The molecule has 122 valence electrons. The zero-order chi connectivity index (χ0) is 16.8. The van der Waals surface area contributed by atoms with Gasteiger partial charge in [0.15, 0.2) is 0 Å². The van der Waals surface area contributed by atoms with Gasteiger partial charge in [-0.1, -0.05) is 6.07 Å². The molecule has 1 aliphatic carbocycles. The Bertz CT molecular complexity index is 702. The highest BCUT2D eigenvalue weighted by molar-refractivity contribution is 6.10. The quantitative estimate of drug-likeness (QED) is 0.831. The average molecular weight is 319 g/mol. The zero-order valence-electron chi connectivity index (χ0n) is 13.0. The van der Waals surface area contributed by atoms with Gasteiger partial charge in [-0.3, -0.25) is 14.5 Å². The summed E-state index contributed by atoms with van der Waals surface area (Å²) < 4.78 is 13.2. The highest BCUT2D eigenvalue weighted by Crippen LogP contribution is 2.42. The standard InChI is InChI=1S/C16H18FN3O3/c1-9-3-6-11(17)7-12(9)18-13(21)8-20-14(22)16(2,10-4-5-10)19-15(20)23/h3,6-7,10H,4-5,8H2,1-2H3,(H,18,21)(H,19,23). The van der Waals surface area contributed by atoms with Gasteiger partial charge in [-0.15, -0.1) is 0 Å². The Hall–Kier alpha value is -2.44. The highest BCUT2D eigenvalue weighted by Gasteiger charge is 2.56. The first kappa shape index (κ1) is 15.5. The Kier molecular flexibility index (Phi) is 3.58. The van der Waals surface area contributed by atoms with Crippen LogP contribution < -0.4 is 10.6 Å². The smallest absolute Gasteiger partial charge is 0.324 e. The summed E-state index contributed by atoms with van der Waals surface area (Å²) in [4.78, 5) is 37.5. The number of anilines is 1. The van der Waals surface area contributed by atoms with E-state index in [1.54, 1.807) is 19.9 Å². The number of hydrogen-bond donors (Lipinski definition) is 2. The van der Waals surface area contributed by atoms with Gasteiger partial charge in [0.05, 0.1) is 0 Å². The van der Waals surface area contributed by atoms with E-state index in [0.717, 1.165) is 17.7 Å². The molecule has 2 N–H and O–H groups in total. The molecule has 1 atom stereocenters. The number of urea groups is 1. The van der Waals surface area contributed by atoms with E-state index >= 15 is 0 Å². The molecule has 0 aromatic heterocycles. The number of amides is 4. The van der Waals surface area contributed by atoms with Gasteiger partial charge in [0.25, 0.3) is 5.91 Å². The molecular weight excluding hydrogens is 301 g/mol. The van der Waals surface area contributed by atoms with Crippen LogP contribution in [0, 0.1) is 18.7 Å². The summed E-state index contributed by atoms with van der Waals surface area (Å²) in [7, 11) is 0. The second-order valence-corrected chi connectivity index (χ2v) is 6.31. The van der Waals surface area contributed by atoms with Crippen LogP contribution in [0.5, 0.6) is 0 Å². The number of imide groups is 1. The van der Waals surface area contributed by atoms with Crippen molar-refractivity contribution in [2.24, 2.45) is 5.92 Å². The first-order valence-electron chi connectivity index (χ1n) is 7.51. The lowest BCUT2D eigenvalue weighted by atomic mass is 9.96. The summed E-state index contributed by atoms with van der Waals surface area (Å²) in [5.41, 5.74) is 0.110. The Morgan fingerprint density at radius 3 is 2.78 bits per heavy atom. The first-order valence-corrected chi connectivity index (χ1v) is 7.51. The Morgan fingerprint density at radius 1 is 1.43 bits per heavy atom.